The third-order valence-electron chi connectivity index (χ3n) is 4.12. The summed E-state index contributed by atoms with van der Waals surface area (Å²) in [5, 5.41) is 0. The zero-order valence-corrected chi connectivity index (χ0v) is 14.8. The minimum atomic E-state index is -2.81. The van der Waals surface area contributed by atoms with Crippen molar-refractivity contribution in [2.24, 2.45) is 0 Å². The van der Waals surface area contributed by atoms with E-state index < -0.39 is 20.0 Å². The third kappa shape index (κ3) is 2.32. The second-order valence-corrected chi connectivity index (χ2v) is 19.7. The van der Waals surface area contributed by atoms with Gasteiger partial charge in [0.05, 0.1) is 0 Å². The van der Waals surface area contributed by atoms with Crippen LogP contribution < -0.4 is 6.64 Å². The quantitative estimate of drug-likeness (QED) is 0.675. The molecule has 0 saturated heterocycles. The molecule has 0 saturated carbocycles. The van der Waals surface area contributed by atoms with Gasteiger partial charge in [0.15, 0.2) is 0 Å². The van der Waals surface area contributed by atoms with Crippen LogP contribution in [0.15, 0.2) is 82.2 Å². The summed E-state index contributed by atoms with van der Waals surface area (Å²) in [6, 6.07) is 22.3. The summed E-state index contributed by atoms with van der Waals surface area (Å²) in [6.45, 7) is 0. The molecule has 2 aromatic carbocycles. The van der Waals surface area contributed by atoms with Gasteiger partial charge in [-0.25, -0.2) is 0 Å². The van der Waals surface area contributed by atoms with Gasteiger partial charge < -0.3 is 0 Å². The van der Waals surface area contributed by atoms with Crippen LogP contribution in [0.1, 0.15) is 6.42 Å². The maximum absolute atomic E-state index is 2.81. The van der Waals surface area contributed by atoms with Crippen LogP contribution in [0, 0.1) is 0 Å². The predicted octanol–water partition coefficient (Wildman–Crippen LogP) is 3.68. The molecule has 0 fully saturated rings. The minimum absolute atomic E-state index is 1.14. The summed E-state index contributed by atoms with van der Waals surface area (Å²) in [5.74, 6) is 0. The van der Waals surface area contributed by atoms with E-state index >= 15 is 0 Å². The summed E-state index contributed by atoms with van der Waals surface area (Å²) in [4.78, 5) is 0. The van der Waals surface area contributed by atoms with Crippen LogP contribution in [0.25, 0.3) is 0 Å². The molecule has 0 heterocycles. The summed E-state index contributed by atoms with van der Waals surface area (Å²) < 4.78 is 7.40. The van der Waals surface area contributed by atoms with Crippen molar-refractivity contribution in [3.63, 3.8) is 0 Å². The molecule has 19 heavy (non-hydrogen) atoms. The van der Waals surface area contributed by atoms with E-state index in [1.165, 1.54) is 0 Å². The van der Waals surface area contributed by atoms with Gasteiger partial charge in [-0.05, 0) is 0 Å². The first-order chi connectivity index (χ1) is 9.32. The van der Waals surface area contributed by atoms with Gasteiger partial charge in [-0.15, -0.1) is 0 Å². The first kappa shape index (κ1) is 12.8. The van der Waals surface area contributed by atoms with Crippen LogP contribution in [-0.2, 0) is 20.0 Å². The molecule has 2 aromatic rings. The molecule has 3 rings (SSSR count). The zero-order valence-electron chi connectivity index (χ0n) is 11.2. The van der Waals surface area contributed by atoms with Crippen molar-refractivity contribution >= 4 is 6.64 Å². The second-order valence-electron chi connectivity index (χ2n) is 5.18. The Kier molecular flexibility index (Phi) is 3.65. The molecule has 0 radical (unpaired) electrons. The van der Waals surface area contributed by atoms with Crippen molar-refractivity contribution in [1.82, 2.24) is 0 Å². The van der Waals surface area contributed by atoms with E-state index in [9.17, 15) is 0 Å². The van der Waals surface area contributed by atoms with Crippen LogP contribution in [0.5, 0.6) is 0 Å². The van der Waals surface area contributed by atoms with Crippen LogP contribution >= 0.6 is 0 Å². The van der Waals surface area contributed by atoms with Crippen molar-refractivity contribution in [2.45, 2.75) is 11.1 Å². The Labute approximate surface area is 119 Å². The predicted molar refractivity (Wildman–Crippen MR) is 79.9 cm³/mol. The Morgan fingerprint density at radius 3 is 1.74 bits per heavy atom. The van der Waals surface area contributed by atoms with Crippen molar-refractivity contribution in [2.75, 3.05) is 0 Å². The van der Waals surface area contributed by atoms with Gasteiger partial charge in [0.1, 0.15) is 0 Å². The Morgan fingerprint density at radius 2 is 1.32 bits per heavy atom. The first-order valence-electron chi connectivity index (χ1n) is 6.79. The van der Waals surface area contributed by atoms with E-state index in [4.69, 9.17) is 0 Å². The van der Waals surface area contributed by atoms with Crippen molar-refractivity contribution < 1.29 is 20.0 Å². The SMILES string of the molecule is [CH3][Hf]([C]1=CC=CC1)([c]1ccccc1)[c]1ccccc1. The third-order valence-corrected chi connectivity index (χ3v) is 20.8. The molecule has 1 heteroatoms. The van der Waals surface area contributed by atoms with Gasteiger partial charge in [-0.2, -0.15) is 0 Å². The normalized spacial score (nSPS) is 14.5. The van der Waals surface area contributed by atoms with Crippen LogP contribution in [0.3, 0.4) is 0 Å². The summed E-state index contributed by atoms with van der Waals surface area (Å²) in [5.41, 5.74) is 0. The molecule has 1 aliphatic carbocycles. The Hall–Kier alpha value is -1.21. The van der Waals surface area contributed by atoms with Gasteiger partial charge in [0.2, 0.25) is 0 Å². The van der Waals surface area contributed by atoms with Gasteiger partial charge in [-0.3, -0.25) is 0 Å². The Morgan fingerprint density at radius 1 is 0.789 bits per heavy atom. The molecule has 0 aliphatic heterocycles. The zero-order chi connectivity index (χ0) is 13.1. The standard InChI is InChI=1S/2C6H5.C5H5.CH3.Hf/c2*1-2-4-6-5-3-1;1-2-4-5-3-1;;/h2*1-5H;1-3H,4H2;1H3;. The van der Waals surface area contributed by atoms with E-state index in [1.54, 1.807) is 9.97 Å². The molecule has 0 atom stereocenters. The maximum atomic E-state index is 2.55. The van der Waals surface area contributed by atoms with Gasteiger partial charge >= 0.3 is 120 Å². The summed E-state index contributed by atoms with van der Waals surface area (Å²) >= 11 is -2.81. The van der Waals surface area contributed by atoms with Crippen LogP contribution in [0.2, 0.25) is 4.68 Å². The number of benzene rings is 2. The Balaban J connectivity index is 2.17. The number of allylic oxidation sites excluding steroid dienone is 4. The summed E-state index contributed by atoms with van der Waals surface area (Å²) in [6.07, 6.45) is 8.02. The fourth-order valence-corrected chi connectivity index (χ4v) is 16.4. The van der Waals surface area contributed by atoms with E-state index in [0.717, 1.165) is 6.42 Å². The summed E-state index contributed by atoms with van der Waals surface area (Å²) in [7, 11) is 0. The molecule has 0 unspecified atom stereocenters. The van der Waals surface area contributed by atoms with Gasteiger partial charge in [-0.1, -0.05) is 0 Å². The van der Waals surface area contributed by atoms with E-state index in [-0.39, 0.29) is 0 Å². The topological polar surface area (TPSA) is 0 Å². The van der Waals surface area contributed by atoms with Gasteiger partial charge in [0, 0.05) is 0 Å². The molecule has 0 nitrogen and oxygen atoms in total. The molecule has 0 spiro atoms. The fourth-order valence-electron chi connectivity index (χ4n) is 2.90. The second kappa shape index (κ2) is 5.42. The monoisotopic (exact) mass is 414 g/mol. The van der Waals surface area contributed by atoms with E-state index in [2.05, 4.69) is 83.6 Å². The average Bonchev–Trinajstić information content (AvgIpc) is 3.03. The Bertz CT molecular complexity index is 569. The molecule has 0 aromatic heterocycles. The van der Waals surface area contributed by atoms with Crippen LogP contribution in [0.4, 0.5) is 0 Å². The van der Waals surface area contributed by atoms with Crippen LogP contribution in [-0.4, -0.2) is 0 Å². The van der Waals surface area contributed by atoms with Gasteiger partial charge in [0.25, 0.3) is 0 Å². The fraction of sp³-hybridized carbons (Fsp3) is 0.111. The molecule has 0 amide bonds. The van der Waals surface area contributed by atoms with Crippen molar-refractivity contribution in [3.8, 4) is 0 Å². The van der Waals surface area contributed by atoms with E-state index in [1.807, 2.05) is 0 Å². The van der Waals surface area contributed by atoms with Crippen molar-refractivity contribution in [3.05, 3.63) is 82.2 Å². The average molecular weight is 413 g/mol. The molecule has 0 bridgehead atoms. The molecule has 1 aliphatic rings. The first-order valence-corrected chi connectivity index (χ1v) is 15.8. The molecule has 94 valence electrons. The van der Waals surface area contributed by atoms with Crippen molar-refractivity contribution in [1.29, 1.82) is 0 Å². The molecular weight excluding hydrogens is 395 g/mol. The molecule has 0 N–H and O–H groups in total. The van der Waals surface area contributed by atoms with E-state index in [0.29, 0.717) is 0 Å². The number of hydrogen-bond acceptors (Lipinski definition) is 0. The molecular formula is C18H18Hf. The number of rotatable bonds is 3. The number of hydrogen-bond donors (Lipinski definition) is 0.